The van der Waals surface area contributed by atoms with Gasteiger partial charge in [0.1, 0.15) is 0 Å². The lowest BCUT2D eigenvalue weighted by Gasteiger charge is -2.29. The fourth-order valence-electron chi connectivity index (χ4n) is 3.75. The van der Waals surface area contributed by atoms with Crippen LogP contribution in [0.15, 0.2) is 18.2 Å². The number of piperazine rings is 1. The lowest BCUT2D eigenvalue weighted by Crippen LogP contribution is -2.47. The Labute approximate surface area is 139 Å². The summed E-state index contributed by atoms with van der Waals surface area (Å²) in [6, 6.07) is 7.32. The zero-order valence-electron chi connectivity index (χ0n) is 14.5. The molecule has 23 heavy (non-hydrogen) atoms. The van der Waals surface area contributed by atoms with Crippen LogP contribution in [0.25, 0.3) is 0 Å². The minimum atomic E-state index is 0.317. The van der Waals surface area contributed by atoms with Crippen molar-refractivity contribution in [2.45, 2.75) is 39.2 Å². The van der Waals surface area contributed by atoms with E-state index in [9.17, 15) is 4.79 Å². The van der Waals surface area contributed by atoms with E-state index in [0.29, 0.717) is 18.4 Å². The SMILES string of the molecule is Cc1ccc(C2CCCN2CCC(=O)N2CCNCC2)cc1C. The third-order valence-electron chi connectivity index (χ3n) is 5.36. The lowest BCUT2D eigenvalue weighted by molar-refractivity contribution is -0.132. The van der Waals surface area contributed by atoms with Crippen LogP contribution in [0.1, 0.15) is 42.0 Å². The second-order valence-electron chi connectivity index (χ2n) is 6.92. The lowest BCUT2D eigenvalue weighted by atomic mass is 9.99. The number of amides is 1. The molecule has 0 aromatic heterocycles. The largest absolute Gasteiger partial charge is 0.340 e. The van der Waals surface area contributed by atoms with Gasteiger partial charge in [0, 0.05) is 45.2 Å². The van der Waals surface area contributed by atoms with Crippen LogP contribution in [-0.4, -0.2) is 55.0 Å². The molecule has 1 atom stereocenters. The Morgan fingerprint density at radius 2 is 1.96 bits per heavy atom. The summed E-state index contributed by atoms with van der Waals surface area (Å²) >= 11 is 0. The van der Waals surface area contributed by atoms with E-state index < -0.39 is 0 Å². The van der Waals surface area contributed by atoms with Crippen molar-refractivity contribution in [2.75, 3.05) is 39.3 Å². The van der Waals surface area contributed by atoms with E-state index in [-0.39, 0.29) is 0 Å². The third kappa shape index (κ3) is 3.93. The first kappa shape index (κ1) is 16.5. The van der Waals surface area contributed by atoms with Crippen molar-refractivity contribution in [2.24, 2.45) is 0 Å². The Balaban J connectivity index is 1.58. The first-order chi connectivity index (χ1) is 11.1. The molecule has 1 N–H and O–H groups in total. The van der Waals surface area contributed by atoms with Gasteiger partial charge in [-0.05, 0) is 49.9 Å². The Morgan fingerprint density at radius 3 is 2.70 bits per heavy atom. The maximum Gasteiger partial charge on any atom is 0.223 e. The Morgan fingerprint density at radius 1 is 1.17 bits per heavy atom. The van der Waals surface area contributed by atoms with E-state index in [0.717, 1.165) is 39.3 Å². The number of nitrogens with one attached hydrogen (secondary N) is 1. The summed E-state index contributed by atoms with van der Waals surface area (Å²) in [5, 5.41) is 3.30. The van der Waals surface area contributed by atoms with Gasteiger partial charge in [-0.1, -0.05) is 18.2 Å². The molecule has 1 unspecified atom stereocenters. The summed E-state index contributed by atoms with van der Waals surface area (Å²) in [5.74, 6) is 0.317. The predicted octanol–water partition coefficient (Wildman–Crippen LogP) is 2.26. The van der Waals surface area contributed by atoms with E-state index in [1.165, 1.54) is 29.5 Å². The van der Waals surface area contributed by atoms with E-state index in [2.05, 4.69) is 42.3 Å². The molecule has 2 aliphatic heterocycles. The highest BCUT2D eigenvalue weighted by molar-refractivity contribution is 5.76. The van der Waals surface area contributed by atoms with Crippen molar-refractivity contribution in [1.82, 2.24) is 15.1 Å². The summed E-state index contributed by atoms with van der Waals surface area (Å²) in [4.78, 5) is 16.9. The molecule has 0 saturated carbocycles. The number of benzene rings is 1. The molecule has 1 amide bonds. The third-order valence-corrected chi connectivity index (χ3v) is 5.36. The molecule has 4 heteroatoms. The van der Waals surface area contributed by atoms with Gasteiger partial charge in [-0.2, -0.15) is 0 Å². The molecule has 2 aliphatic rings. The molecule has 2 heterocycles. The van der Waals surface area contributed by atoms with Gasteiger partial charge in [-0.15, -0.1) is 0 Å². The zero-order valence-corrected chi connectivity index (χ0v) is 14.5. The average molecular weight is 315 g/mol. The predicted molar refractivity (Wildman–Crippen MR) is 93.5 cm³/mol. The van der Waals surface area contributed by atoms with Crippen LogP contribution in [0.2, 0.25) is 0 Å². The number of nitrogens with zero attached hydrogens (tertiary/aromatic N) is 2. The molecule has 126 valence electrons. The molecule has 4 nitrogen and oxygen atoms in total. The van der Waals surface area contributed by atoms with Gasteiger partial charge < -0.3 is 10.2 Å². The fraction of sp³-hybridized carbons (Fsp3) is 0.632. The zero-order chi connectivity index (χ0) is 16.2. The molecule has 1 aromatic rings. The van der Waals surface area contributed by atoms with Crippen LogP contribution < -0.4 is 5.32 Å². The second kappa shape index (κ2) is 7.45. The van der Waals surface area contributed by atoms with E-state index in [4.69, 9.17) is 0 Å². The van der Waals surface area contributed by atoms with E-state index in [1.807, 2.05) is 4.90 Å². The van der Waals surface area contributed by atoms with Crippen molar-refractivity contribution < 1.29 is 4.79 Å². The van der Waals surface area contributed by atoms with Crippen LogP contribution in [0.5, 0.6) is 0 Å². The van der Waals surface area contributed by atoms with Gasteiger partial charge in [0.15, 0.2) is 0 Å². The van der Waals surface area contributed by atoms with Gasteiger partial charge >= 0.3 is 0 Å². The van der Waals surface area contributed by atoms with Crippen molar-refractivity contribution in [3.05, 3.63) is 34.9 Å². The van der Waals surface area contributed by atoms with Gasteiger partial charge in [0.05, 0.1) is 0 Å². The molecule has 0 aliphatic carbocycles. The van der Waals surface area contributed by atoms with Crippen molar-refractivity contribution in [3.8, 4) is 0 Å². The van der Waals surface area contributed by atoms with Crippen LogP contribution in [0.3, 0.4) is 0 Å². The van der Waals surface area contributed by atoms with Gasteiger partial charge in [-0.3, -0.25) is 9.69 Å². The van der Waals surface area contributed by atoms with Crippen LogP contribution in [0.4, 0.5) is 0 Å². The highest BCUT2D eigenvalue weighted by Gasteiger charge is 2.27. The smallest absolute Gasteiger partial charge is 0.223 e. The summed E-state index contributed by atoms with van der Waals surface area (Å²) < 4.78 is 0. The Hall–Kier alpha value is -1.39. The van der Waals surface area contributed by atoms with E-state index in [1.54, 1.807) is 0 Å². The summed E-state index contributed by atoms with van der Waals surface area (Å²) in [7, 11) is 0. The maximum absolute atomic E-state index is 12.4. The molecular formula is C19H29N3O. The van der Waals surface area contributed by atoms with Crippen LogP contribution in [0, 0.1) is 13.8 Å². The quantitative estimate of drug-likeness (QED) is 0.926. The maximum atomic E-state index is 12.4. The molecule has 2 saturated heterocycles. The average Bonchev–Trinajstić information content (AvgIpc) is 3.04. The van der Waals surface area contributed by atoms with Crippen molar-refractivity contribution in [1.29, 1.82) is 0 Å². The number of hydrogen-bond donors (Lipinski definition) is 1. The van der Waals surface area contributed by atoms with Crippen molar-refractivity contribution in [3.63, 3.8) is 0 Å². The number of rotatable bonds is 4. The molecule has 3 rings (SSSR count). The standard InChI is InChI=1S/C19H29N3O/c1-15-5-6-17(14-16(15)2)18-4-3-10-21(18)11-7-19(23)22-12-8-20-9-13-22/h5-6,14,18,20H,3-4,7-13H2,1-2H3. The summed E-state index contributed by atoms with van der Waals surface area (Å²) in [6.07, 6.45) is 3.10. The first-order valence-corrected chi connectivity index (χ1v) is 8.95. The fourth-order valence-corrected chi connectivity index (χ4v) is 3.75. The molecular weight excluding hydrogens is 286 g/mol. The number of aryl methyl sites for hydroxylation is 2. The number of carbonyl (C=O) groups excluding carboxylic acids is 1. The molecule has 0 radical (unpaired) electrons. The van der Waals surface area contributed by atoms with Crippen LogP contribution in [-0.2, 0) is 4.79 Å². The van der Waals surface area contributed by atoms with Gasteiger partial charge in [-0.25, -0.2) is 0 Å². The minimum absolute atomic E-state index is 0.317. The Kier molecular flexibility index (Phi) is 5.34. The minimum Gasteiger partial charge on any atom is -0.340 e. The van der Waals surface area contributed by atoms with Crippen molar-refractivity contribution >= 4 is 5.91 Å². The molecule has 0 spiro atoms. The summed E-state index contributed by atoms with van der Waals surface area (Å²) in [5.41, 5.74) is 4.14. The van der Waals surface area contributed by atoms with Gasteiger partial charge in [0.25, 0.3) is 0 Å². The number of likely N-dealkylation sites (tertiary alicyclic amines) is 1. The first-order valence-electron chi connectivity index (χ1n) is 8.95. The molecule has 2 fully saturated rings. The normalized spacial score (nSPS) is 22.5. The van der Waals surface area contributed by atoms with E-state index >= 15 is 0 Å². The van der Waals surface area contributed by atoms with Crippen LogP contribution >= 0.6 is 0 Å². The number of carbonyl (C=O) groups is 1. The highest BCUT2D eigenvalue weighted by atomic mass is 16.2. The topological polar surface area (TPSA) is 35.6 Å². The monoisotopic (exact) mass is 315 g/mol. The summed E-state index contributed by atoms with van der Waals surface area (Å²) in [6.45, 7) is 9.94. The number of hydrogen-bond acceptors (Lipinski definition) is 3. The van der Waals surface area contributed by atoms with Gasteiger partial charge in [0.2, 0.25) is 5.91 Å². The highest BCUT2D eigenvalue weighted by Crippen LogP contribution is 2.32. The second-order valence-corrected chi connectivity index (χ2v) is 6.92. The molecule has 0 bridgehead atoms. The molecule has 1 aromatic carbocycles. The Bertz CT molecular complexity index is 552.